The van der Waals surface area contributed by atoms with E-state index in [0.29, 0.717) is 5.56 Å². The maximum absolute atomic E-state index is 12.7. The van der Waals surface area contributed by atoms with Crippen LogP contribution in [-0.4, -0.2) is 18.4 Å². The molecule has 0 spiro atoms. The van der Waals surface area contributed by atoms with E-state index < -0.39 is 30.1 Å². The summed E-state index contributed by atoms with van der Waals surface area (Å²) in [5.74, 6) is -1.47. The Bertz CT molecular complexity index is 390. The Morgan fingerprint density at radius 2 is 1.65 bits per heavy atom. The maximum Gasteiger partial charge on any atom is 0.405 e. The first-order valence-corrected chi connectivity index (χ1v) is 4.98. The molecule has 1 heterocycles. The second-order valence-corrected chi connectivity index (χ2v) is 3.91. The Hall–Kier alpha value is -1.18. The van der Waals surface area contributed by atoms with Gasteiger partial charge in [0, 0.05) is 5.92 Å². The van der Waals surface area contributed by atoms with E-state index in [1.165, 1.54) is 12.1 Å². The molecule has 17 heavy (non-hydrogen) atoms. The van der Waals surface area contributed by atoms with Gasteiger partial charge in [-0.25, -0.2) is 15.2 Å². The van der Waals surface area contributed by atoms with Crippen LogP contribution in [0.25, 0.3) is 0 Å². The fraction of sp³-hybridized carbons (Fsp3) is 0.400. The molecule has 1 aromatic rings. The summed E-state index contributed by atoms with van der Waals surface area (Å²) in [7, 11) is 0. The van der Waals surface area contributed by atoms with Crippen molar-refractivity contribution >= 4 is 0 Å². The third kappa shape index (κ3) is 2.41. The predicted molar refractivity (Wildman–Crippen MR) is 53.2 cm³/mol. The monoisotopic (exact) mass is 249 g/mol. The van der Waals surface area contributed by atoms with Gasteiger partial charge in [-0.15, -0.1) is 0 Å². The highest BCUT2D eigenvalue weighted by molar-refractivity contribution is 5.25. The first kappa shape index (κ1) is 12.3. The Morgan fingerprint density at radius 3 is 2.18 bits per heavy atom. The van der Waals surface area contributed by atoms with Gasteiger partial charge in [0.05, 0.1) is 6.17 Å². The van der Waals surface area contributed by atoms with Crippen LogP contribution in [0.4, 0.5) is 17.6 Å². The summed E-state index contributed by atoms with van der Waals surface area (Å²) in [6.07, 6.45) is -5.28. The molecule has 0 amide bonds. The number of benzene rings is 1. The van der Waals surface area contributed by atoms with E-state index in [9.17, 15) is 17.6 Å². The van der Waals surface area contributed by atoms with Gasteiger partial charge in [0.15, 0.2) is 0 Å². The lowest BCUT2D eigenvalue weighted by Gasteiger charge is -2.23. The van der Waals surface area contributed by atoms with E-state index in [-0.39, 0.29) is 0 Å². The fourth-order valence-electron chi connectivity index (χ4n) is 1.94. The van der Waals surface area contributed by atoms with E-state index in [4.69, 9.17) is 5.73 Å². The summed E-state index contributed by atoms with van der Waals surface area (Å²) in [6.45, 7) is 0. The van der Waals surface area contributed by atoms with Crippen molar-refractivity contribution in [2.75, 3.05) is 0 Å². The first-order chi connectivity index (χ1) is 7.89. The molecule has 2 rings (SSSR count). The molecule has 4 N–H and O–H groups in total. The SMILES string of the molecule is NC1NNC(C(F)(F)F)C1c1ccc(F)cc1. The van der Waals surface area contributed by atoms with Gasteiger partial charge in [0.25, 0.3) is 0 Å². The minimum atomic E-state index is -4.42. The fourth-order valence-corrected chi connectivity index (χ4v) is 1.94. The summed E-state index contributed by atoms with van der Waals surface area (Å²) < 4.78 is 50.9. The topological polar surface area (TPSA) is 50.1 Å². The van der Waals surface area contributed by atoms with E-state index in [1.807, 2.05) is 0 Å². The molecule has 0 saturated carbocycles. The molecule has 1 saturated heterocycles. The Morgan fingerprint density at radius 1 is 1.06 bits per heavy atom. The average molecular weight is 249 g/mol. The summed E-state index contributed by atoms with van der Waals surface area (Å²) >= 11 is 0. The summed E-state index contributed by atoms with van der Waals surface area (Å²) in [5, 5.41) is 0. The minimum Gasteiger partial charge on any atom is -0.314 e. The molecule has 1 aliphatic heterocycles. The normalized spacial score (nSPS) is 29.6. The second kappa shape index (κ2) is 4.25. The second-order valence-electron chi connectivity index (χ2n) is 3.91. The van der Waals surface area contributed by atoms with Crippen LogP contribution in [0.1, 0.15) is 11.5 Å². The van der Waals surface area contributed by atoms with Crippen molar-refractivity contribution in [3.8, 4) is 0 Å². The van der Waals surface area contributed by atoms with Crippen molar-refractivity contribution in [3.05, 3.63) is 35.6 Å². The van der Waals surface area contributed by atoms with Crippen molar-refractivity contribution in [2.24, 2.45) is 5.73 Å². The van der Waals surface area contributed by atoms with Crippen molar-refractivity contribution in [3.63, 3.8) is 0 Å². The molecule has 0 bridgehead atoms. The molecule has 3 atom stereocenters. The highest BCUT2D eigenvalue weighted by Gasteiger charge is 2.50. The maximum atomic E-state index is 12.7. The van der Waals surface area contributed by atoms with Crippen molar-refractivity contribution in [2.45, 2.75) is 24.3 Å². The van der Waals surface area contributed by atoms with Gasteiger partial charge in [-0.05, 0) is 17.7 Å². The minimum absolute atomic E-state index is 0.346. The average Bonchev–Trinajstić information content (AvgIpc) is 2.61. The zero-order chi connectivity index (χ0) is 12.6. The van der Waals surface area contributed by atoms with E-state index >= 15 is 0 Å². The summed E-state index contributed by atoms with van der Waals surface area (Å²) in [4.78, 5) is 0. The smallest absolute Gasteiger partial charge is 0.314 e. The van der Waals surface area contributed by atoms with Crippen LogP contribution in [0.15, 0.2) is 24.3 Å². The van der Waals surface area contributed by atoms with Crippen LogP contribution in [-0.2, 0) is 0 Å². The lowest BCUT2D eigenvalue weighted by molar-refractivity contribution is -0.156. The van der Waals surface area contributed by atoms with E-state index in [2.05, 4.69) is 10.9 Å². The largest absolute Gasteiger partial charge is 0.405 e. The van der Waals surface area contributed by atoms with Gasteiger partial charge in [0.2, 0.25) is 0 Å². The number of hydrogen-bond acceptors (Lipinski definition) is 3. The first-order valence-electron chi connectivity index (χ1n) is 4.98. The van der Waals surface area contributed by atoms with Gasteiger partial charge in [-0.3, -0.25) is 0 Å². The van der Waals surface area contributed by atoms with Gasteiger partial charge in [0.1, 0.15) is 11.9 Å². The zero-order valence-corrected chi connectivity index (χ0v) is 8.63. The van der Waals surface area contributed by atoms with Gasteiger partial charge in [-0.2, -0.15) is 13.2 Å². The Balaban J connectivity index is 2.31. The number of hydrogen-bond donors (Lipinski definition) is 3. The number of nitrogens with one attached hydrogen (secondary N) is 2. The lowest BCUT2D eigenvalue weighted by Crippen LogP contribution is -2.43. The van der Waals surface area contributed by atoms with Gasteiger partial charge in [-0.1, -0.05) is 12.1 Å². The highest BCUT2D eigenvalue weighted by Crippen LogP contribution is 2.35. The van der Waals surface area contributed by atoms with Crippen LogP contribution in [0.3, 0.4) is 0 Å². The molecule has 3 unspecified atom stereocenters. The number of nitrogens with two attached hydrogens (primary N) is 1. The molecule has 1 fully saturated rings. The van der Waals surface area contributed by atoms with Crippen molar-refractivity contribution in [1.82, 2.24) is 10.9 Å². The quantitative estimate of drug-likeness (QED) is 0.656. The van der Waals surface area contributed by atoms with Crippen LogP contribution in [0, 0.1) is 5.82 Å². The Kier molecular flexibility index (Phi) is 3.07. The third-order valence-electron chi connectivity index (χ3n) is 2.76. The van der Waals surface area contributed by atoms with Crippen LogP contribution >= 0.6 is 0 Å². The number of hydrazine groups is 1. The zero-order valence-electron chi connectivity index (χ0n) is 8.63. The van der Waals surface area contributed by atoms with Crippen LogP contribution < -0.4 is 16.6 Å². The number of alkyl halides is 3. The molecule has 1 aromatic carbocycles. The lowest BCUT2D eigenvalue weighted by atomic mass is 9.90. The van der Waals surface area contributed by atoms with Crippen LogP contribution in [0.2, 0.25) is 0 Å². The standard InChI is InChI=1S/C10H11F4N3/c11-6-3-1-5(2-4-6)7-8(10(12,13)14)16-17-9(7)15/h1-4,7-9,16-17H,15H2. The van der Waals surface area contributed by atoms with E-state index in [0.717, 1.165) is 12.1 Å². The number of rotatable bonds is 1. The number of halogens is 4. The molecule has 94 valence electrons. The molecule has 3 nitrogen and oxygen atoms in total. The molecule has 0 radical (unpaired) electrons. The van der Waals surface area contributed by atoms with Gasteiger partial charge < -0.3 is 5.73 Å². The van der Waals surface area contributed by atoms with Crippen molar-refractivity contribution in [1.29, 1.82) is 0 Å². The summed E-state index contributed by atoms with van der Waals surface area (Å²) in [5.41, 5.74) is 10.4. The highest BCUT2D eigenvalue weighted by atomic mass is 19.4. The van der Waals surface area contributed by atoms with E-state index in [1.54, 1.807) is 0 Å². The molecule has 0 aromatic heterocycles. The molecule has 1 aliphatic rings. The van der Waals surface area contributed by atoms with Gasteiger partial charge >= 0.3 is 6.18 Å². The molecule has 0 aliphatic carbocycles. The Labute approximate surface area is 95.0 Å². The third-order valence-corrected chi connectivity index (χ3v) is 2.76. The molecular formula is C10H11F4N3. The summed E-state index contributed by atoms with van der Waals surface area (Å²) in [6, 6.07) is 3.09. The molecule has 7 heteroatoms. The van der Waals surface area contributed by atoms with Crippen LogP contribution in [0.5, 0.6) is 0 Å². The molecular weight excluding hydrogens is 238 g/mol. The predicted octanol–water partition coefficient (Wildman–Crippen LogP) is 1.23. The van der Waals surface area contributed by atoms with Crippen molar-refractivity contribution < 1.29 is 17.6 Å².